The van der Waals surface area contributed by atoms with E-state index in [1.54, 1.807) is 0 Å². The quantitative estimate of drug-likeness (QED) is 0.280. The van der Waals surface area contributed by atoms with Crippen molar-refractivity contribution in [2.45, 2.75) is 15.7 Å². The summed E-state index contributed by atoms with van der Waals surface area (Å²) in [6, 6.07) is 9.55. The summed E-state index contributed by atoms with van der Waals surface area (Å²) in [7, 11) is 0. The molecule has 3 aromatic rings. The van der Waals surface area contributed by atoms with Crippen molar-refractivity contribution in [2.24, 2.45) is 5.73 Å². The van der Waals surface area contributed by atoms with Crippen molar-refractivity contribution in [3.05, 3.63) is 104 Å². The first kappa shape index (κ1) is 27.6. The predicted molar refractivity (Wildman–Crippen MR) is 140 cm³/mol. The minimum Gasteiger partial charge on any atom is -0.369 e. The van der Waals surface area contributed by atoms with E-state index < -0.39 is 56.2 Å². The van der Waals surface area contributed by atoms with E-state index >= 15 is 0 Å². The van der Waals surface area contributed by atoms with E-state index in [0.717, 1.165) is 0 Å². The van der Waals surface area contributed by atoms with E-state index in [1.807, 2.05) is 0 Å². The van der Waals surface area contributed by atoms with Crippen molar-refractivity contribution in [3.8, 4) is 0 Å². The minimum atomic E-state index is -1.77. The number of carbonyl (C=O) groups excluding carboxylic acids is 2. The summed E-state index contributed by atoms with van der Waals surface area (Å²) < 4.78 is 40.1. The van der Waals surface area contributed by atoms with Gasteiger partial charge in [0.15, 0.2) is 0 Å². The molecule has 3 aromatic carbocycles. The van der Waals surface area contributed by atoms with Gasteiger partial charge in [0.05, 0.1) is 16.3 Å². The Morgan fingerprint density at radius 1 is 0.946 bits per heavy atom. The summed E-state index contributed by atoms with van der Waals surface area (Å²) >= 11 is 31.6. The Kier molecular flexibility index (Phi) is 7.25. The largest absolute Gasteiger partial charge is 0.369 e. The maximum Gasteiger partial charge on any atom is 0.257 e. The van der Waals surface area contributed by atoms with Crippen LogP contribution in [0, 0.1) is 11.6 Å². The van der Waals surface area contributed by atoms with E-state index in [9.17, 15) is 22.8 Å². The summed E-state index contributed by atoms with van der Waals surface area (Å²) in [6.07, 6.45) is 0. The van der Waals surface area contributed by atoms with Gasteiger partial charge in [-0.3, -0.25) is 9.59 Å². The molecule has 2 atom stereocenters. The highest BCUT2D eigenvalue weighted by atomic mass is 35.5. The van der Waals surface area contributed by atoms with Gasteiger partial charge in [-0.15, -0.1) is 0 Å². The molecule has 0 bridgehead atoms. The molecule has 2 amide bonds. The number of hydrogen-bond acceptors (Lipinski definition) is 2. The van der Waals surface area contributed by atoms with Crippen LogP contribution in [0.25, 0.3) is 5.83 Å². The number of amides is 2. The van der Waals surface area contributed by atoms with E-state index in [0.29, 0.717) is 17.7 Å². The molecule has 4 nitrogen and oxygen atoms in total. The van der Waals surface area contributed by atoms with Crippen molar-refractivity contribution in [2.75, 3.05) is 5.32 Å². The molecule has 0 heterocycles. The highest BCUT2D eigenvalue weighted by molar-refractivity contribution is 6.55. The zero-order valence-electron chi connectivity index (χ0n) is 18.3. The highest BCUT2D eigenvalue weighted by Gasteiger charge is 2.80. The molecule has 1 saturated carbocycles. The van der Waals surface area contributed by atoms with Crippen LogP contribution in [-0.4, -0.2) is 16.1 Å². The van der Waals surface area contributed by atoms with Crippen LogP contribution < -0.4 is 11.1 Å². The third-order valence-electron chi connectivity index (χ3n) is 6.10. The number of hydrogen-bond donors (Lipinski definition) is 2. The fourth-order valence-corrected chi connectivity index (χ4v) is 6.29. The average molecular weight is 609 g/mol. The van der Waals surface area contributed by atoms with Gasteiger partial charge in [-0.1, -0.05) is 70.7 Å². The van der Waals surface area contributed by atoms with Gasteiger partial charge in [-0.2, -0.15) is 0 Å². The van der Waals surface area contributed by atoms with E-state index in [4.69, 9.17) is 63.7 Å². The molecule has 37 heavy (non-hydrogen) atoms. The molecule has 0 aliphatic heterocycles. The van der Waals surface area contributed by atoms with Crippen molar-refractivity contribution in [1.29, 1.82) is 0 Å². The van der Waals surface area contributed by atoms with E-state index in [2.05, 4.69) is 11.9 Å². The molecular formula is C25H14Cl5F3N2O2. The van der Waals surface area contributed by atoms with Crippen molar-refractivity contribution in [1.82, 2.24) is 0 Å². The van der Waals surface area contributed by atoms with Gasteiger partial charge >= 0.3 is 0 Å². The van der Waals surface area contributed by atoms with Crippen LogP contribution in [0.5, 0.6) is 0 Å². The van der Waals surface area contributed by atoms with Gasteiger partial charge in [0.25, 0.3) is 5.91 Å². The molecular weight excluding hydrogens is 595 g/mol. The lowest BCUT2D eigenvalue weighted by Gasteiger charge is -2.18. The molecule has 1 fully saturated rings. The second-order valence-corrected chi connectivity index (χ2v) is 11.0. The Bertz CT molecular complexity index is 1480. The smallest absolute Gasteiger partial charge is 0.257 e. The van der Waals surface area contributed by atoms with Crippen LogP contribution >= 0.6 is 58.0 Å². The van der Waals surface area contributed by atoms with Crippen LogP contribution in [0.3, 0.4) is 0 Å². The lowest BCUT2D eigenvalue weighted by Crippen LogP contribution is -2.34. The summed E-state index contributed by atoms with van der Waals surface area (Å²) in [5, 5.41) is 2.59. The van der Waals surface area contributed by atoms with Crippen LogP contribution in [0.15, 0.2) is 55.1 Å². The molecule has 192 valence electrons. The summed E-state index contributed by atoms with van der Waals surface area (Å²) in [5.41, 5.74) is 3.06. The standard InChI is InChI=1S/C25H14Cl5F3N2O2/c1-10(31)16-8-15(32)9-19(33)20(16)35-22(36)17-6-12(2-3-18(17)28)24(23(34)37)21(25(24,29)30)11-4-13(26)7-14(27)5-11/h2-9,21H,1H2,(H2,34,37)(H,35,36). The molecule has 3 N–H and O–H groups in total. The molecule has 0 aromatic heterocycles. The molecule has 1 aliphatic carbocycles. The van der Waals surface area contributed by atoms with Gasteiger partial charge in [-0.25, -0.2) is 13.2 Å². The highest BCUT2D eigenvalue weighted by Crippen LogP contribution is 2.74. The lowest BCUT2D eigenvalue weighted by atomic mass is 9.88. The Hall–Kier alpha value is -2.42. The fraction of sp³-hybridized carbons (Fsp3) is 0.120. The van der Waals surface area contributed by atoms with Crippen LogP contribution in [-0.2, 0) is 10.2 Å². The number of nitrogens with two attached hydrogens (primary N) is 1. The number of alkyl halides is 2. The topological polar surface area (TPSA) is 72.2 Å². The molecule has 0 spiro atoms. The van der Waals surface area contributed by atoms with E-state index in [1.165, 1.54) is 36.4 Å². The first-order chi connectivity index (χ1) is 17.2. The normalized spacial score (nSPS) is 19.8. The molecule has 4 rings (SSSR count). The average Bonchev–Trinajstić information content (AvgIpc) is 3.32. The molecule has 2 unspecified atom stereocenters. The van der Waals surface area contributed by atoms with Gasteiger partial charge in [-0.05, 0) is 47.5 Å². The number of carbonyl (C=O) groups is 2. The lowest BCUT2D eigenvalue weighted by molar-refractivity contribution is -0.120. The van der Waals surface area contributed by atoms with Gasteiger partial charge < -0.3 is 11.1 Å². The Balaban J connectivity index is 1.80. The first-order valence-electron chi connectivity index (χ1n) is 10.3. The Labute approximate surface area is 234 Å². The van der Waals surface area contributed by atoms with Crippen molar-refractivity contribution < 1.29 is 22.8 Å². The zero-order valence-corrected chi connectivity index (χ0v) is 22.1. The number of rotatable bonds is 6. The van der Waals surface area contributed by atoms with Crippen LogP contribution in [0.4, 0.5) is 18.9 Å². The zero-order chi connectivity index (χ0) is 27.4. The summed E-state index contributed by atoms with van der Waals surface area (Å²) in [6.45, 7) is 3.03. The third-order valence-corrected chi connectivity index (χ3v) is 7.90. The van der Waals surface area contributed by atoms with Crippen molar-refractivity contribution in [3.63, 3.8) is 0 Å². The van der Waals surface area contributed by atoms with E-state index in [-0.39, 0.29) is 26.2 Å². The summed E-state index contributed by atoms with van der Waals surface area (Å²) in [4.78, 5) is 25.9. The number of nitrogens with one attached hydrogen (secondary N) is 1. The SMILES string of the molecule is C=C(F)c1cc(F)cc(F)c1NC(=O)c1cc(C2(C(N)=O)C(c3cc(Cl)cc(Cl)c3)C2(Cl)Cl)ccc1Cl. The van der Waals surface area contributed by atoms with Crippen molar-refractivity contribution >= 4 is 81.3 Å². The molecule has 12 heteroatoms. The number of anilines is 1. The number of primary amides is 1. The molecule has 0 radical (unpaired) electrons. The number of benzene rings is 3. The maximum atomic E-state index is 14.4. The Morgan fingerprint density at radius 2 is 1.57 bits per heavy atom. The van der Waals surface area contributed by atoms with Gasteiger partial charge in [0.2, 0.25) is 5.91 Å². The maximum absolute atomic E-state index is 14.4. The monoisotopic (exact) mass is 606 g/mol. The first-order valence-corrected chi connectivity index (χ1v) is 12.2. The second-order valence-electron chi connectivity index (χ2n) is 8.29. The second kappa shape index (κ2) is 9.71. The minimum absolute atomic E-state index is 0.109. The van der Waals surface area contributed by atoms with Crippen LogP contribution in [0.1, 0.15) is 33.0 Å². The van der Waals surface area contributed by atoms with Crippen LogP contribution in [0.2, 0.25) is 15.1 Å². The molecule has 1 aliphatic rings. The van der Waals surface area contributed by atoms with Gasteiger partial charge in [0.1, 0.15) is 27.2 Å². The summed E-state index contributed by atoms with van der Waals surface area (Å²) in [5.74, 6) is -6.33. The third kappa shape index (κ3) is 4.57. The molecule has 0 saturated heterocycles. The Morgan fingerprint density at radius 3 is 2.14 bits per heavy atom. The number of halogens is 8. The fourth-order valence-electron chi connectivity index (χ4n) is 4.45. The predicted octanol–water partition coefficient (Wildman–Crippen LogP) is 7.81. The van der Waals surface area contributed by atoms with Gasteiger partial charge in [0, 0.05) is 27.6 Å².